The zero-order valence-electron chi connectivity index (χ0n) is 6.47. The van der Waals surface area contributed by atoms with Gasteiger partial charge in [-0.05, 0) is 5.92 Å². The van der Waals surface area contributed by atoms with Gasteiger partial charge in [-0.3, -0.25) is 4.79 Å². The molecule has 2 atom stereocenters. The van der Waals surface area contributed by atoms with Crippen molar-refractivity contribution in [1.82, 2.24) is 0 Å². The van der Waals surface area contributed by atoms with Crippen molar-refractivity contribution in [3.63, 3.8) is 0 Å². The van der Waals surface area contributed by atoms with E-state index in [1.54, 1.807) is 0 Å². The summed E-state index contributed by atoms with van der Waals surface area (Å²) in [5, 5.41) is -0.580. The van der Waals surface area contributed by atoms with Crippen LogP contribution in [-0.2, 0) is 4.79 Å². The minimum absolute atomic E-state index is 0.116. The van der Waals surface area contributed by atoms with E-state index in [2.05, 4.69) is 0 Å². The number of hydrogen-bond donors (Lipinski definition) is 1. The molecular formula is C7H11Cl2NO. The number of amides is 1. The van der Waals surface area contributed by atoms with E-state index in [1.165, 1.54) is 0 Å². The largest absolute Gasteiger partial charge is 0.369 e. The molecule has 1 saturated carbocycles. The first-order chi connectivity index (χ1) is 4.95. The van der Waals surface area contributed by atoms with E-state index in [9.17, 15) is 4.79 Å². The topological polar surface area (TPSA) is 43.1 Å². The third-order valence-electron chi connectivity index (χ3n) is 2.44. The Balaban J connectivity index is 2.86. The predicted molar refractivity (Wildman–Crippen MR) is 45.7 cm³/mol. The van der Waals surface area contributed by atoms with Crippen LogP contribution in [0.15, 0.2) is 0 Å². The maximum absolute atomic E-state index is 11.0. The fourth-order valence-corrected chi connectivity index (χ4v) is 2.84. The SMILES string of the molecule is CC(C)C1(C(N)=O)C(Cl)C1Cl. The molecule has 0 heterocycles. The van der Waals surface area contributed by atoms with E-state index >= 15 is 0 Å². The van der Waals surface area contributed by atoms with Crippen molar-refractivity contribution in [2.45, 2.75) is 24.6 Å². The summed E-state index contributed by atoms with van der Waals surface area (Å²) in [5.41, 5.74) is 4.54. The van der Waals surface area contributed by atoms with Crippen LogP contribution >= 0.6 is 23.2 Å². The van der Waals surface area contributed by atoms with Crippen LogP contribution in [0.4, 0.5) is 0 Å². The highest BCUT2D eigenvalue weighted by atomic mass is 35.5. The molecule has 0 saturated heterocycles. The monoisotopic (exact) mass is 195 g/mol. The van der Waals surface area contributed by atoms with E-state index in [1.807, 2.05) is 13.8 Å². The normalized spacial score (nSPS) is 42.6. The number of primary amides is 1. The number of halogens is 2. The lowest BCUT2D eigenvalue weighted by Crippen LogP contribution is -2.32. The molecule has 11 heavy (non-hydrogen) atoms. The van der Waals surface area contributed by atoms with Gasteiger partial charge in [0.15, 0.2) is 0 Å². The van der Waals surface area contributed by atoms with E-state index in [0.717, 1.165) is 0 Å². The molecule has 0 spiro atoms. The Morgan fingerprint density at radius 2 is 1.82 bits per heavy atom. The zero-order chi connectivity index (χ0) is 8.81. The molecule has 2 nitrogen and oxygen atoms in total. The molecule has 0 aromatic carbocycles. The van der Waals surface area contributed by atoms with Crippen LogP contribution in [-0.4, -0.2) is 16.7 Å². The summed E-state index contributed by atoms with van der Waals surface area (Å²) in [7, 11) is 0. The van der Waals surface area contributed by atoms with Gasteiger partial charge in [-0.2, -0.15) is 0 Å². The summed E-state index contributed by atoms with van der Waals surface area (Å²) in [6.07, 6.45) is 0. The second-order valence-electron chi connectivity index (χ2n) is 3.26. The highest BCUT2D eigenvalue weighted by Crippen LogP contribution is 2.58. The Bertz CT molecular complexity index is 175. The van der Waals surface area contributed by atoms with Gasteiger partial charge in [0, 0.05) is 0 Å². The molecule has 0 aliphatic heterocycles. The molecule has 1 amide bonds. The van der Waals surface area contributed by atoms with Crippen LogP contribution in [0, 0.1) is 11.3 Å². The number of carbonyl (C=O) groups is 1. The summed E-state index contributed by atoms with van der Waals surface area (Å²) in [6.45, 7) is 3.81. The smallest absolute Gasteiger partial charge is 0.227 e. The van der Waals surface area contributed by atoms with Crippen molar-refractivity contribution in [3.8, 4) is 0 Å². The lowest BCUT2D eigenvalue weighted by Gasteiger charge is -2.15. The Labute approximate surface area is 76.0 Å². The van der Waals surface area contributed by atoms with E-state index in [0.29, 0.717) is 0 Å². The molecule has 1 aliphatic carbocycles. The fourth-order valence-electron chi connectivity index (χ4n) is 1.52. The second kappa shape index (κ2) is 2.53. The van der Waals surface area contributed by atoms with Gasteiger partial charge in [-0.25, -0.2) is 0 Å². The van der Waals surface area contributed by atoms with E-state index in [4.69, 9.17) is 28.9 Å². The molecular weight excluding hydrogens is 185 g/mol. The van der Waals surface area contributed by atoms with Crippen LogP contribution in [0.3, 0.4) is 0 Å². The van der Waals surface area contributed by atoms with Crippen molar-refractivity contribution >= 4 is 29.1 Å². The summed E-state index contributed by atoms with van der Waals surface area (Å²) in [4.78, 5) is 11.0. The minimum Gasteiger partial charge on any atom is -0.369 e. The van der Waals surface area contributed by atoms with E-state index < -0.39 is 5.41 Å². The molecule has 0 aromatic rings. The van der Waals surface area contributed by atoms with Gasteiger partial charge < -0.3 is 5.73 Å². The van der Waals surface area contributed by atoms with Crippen molar-refractivity contribution < 1.29 is 4.79 Å². The number of nitrogens with two attached hydrogens (primary N) is 1. The van der Waals surface area contributed by atoms with Crippen LogP contribution in [0.25, 0.3) is 0 Å². The van der Waals surface area contributed by atoms with E-state index in [-0.39, 0.29) is 22.6 Å². The lowest BCUT2D eigenvalue weighted by molar-refractivity contribution is -0.124. The van der Waals surface area contributed by atoms with Crippen LogP contribution in [0.1, 0.15) is 13.8 Å². The molecule has 1 rings (SSSR count). The molecule has 1 fully saturated rings. The quantitative estimate of drug-likeness (QED) is 0.665. The van der Waals surface area contributed by atoms with Crippen LogP contribution in [0.2, 0.25) is 0 Å². The summed E-state index contributed by atoms with van der Waals surface area (Å²) in [6, 6.07) is 0. The third kappa shape index (κ3) is 0.960. The molecule has 1 aliphatic rings. The highest BCUT2D eigenvalue weighted by molar-refractivity contribution is 6.38. The Morgan fingerprint density at radius 1 is 1.45 bits per heavy atom. The van der Waals surface area contributed by atoms with Crippen molar-refractivity contribution in [2.75, 3.05) is 0 Å². The number of carbonyl (C=O) groups excluding carboxylic acids is 1. The second-order valence-corrected chi connectivity index (χ2v) is 4.20. The Morgan fingerprint density at radius 3 is 1.82 bits per heavy atom. The van der Waals surface area contributed by atoms with Crippen LogP contribution in [0.5, 0.6) is 0 Å². The third-order valence-corrected chi connectivity index (χ3v) is 3.80. The summed E-state index contributed by atoms with van der Waals surface area (Å²) < 4.78 is 0. The Hall–Kier alpha value is 0.0500. The zero-order valence-corrected chi connectivity index (χ0v) is 7.99. The molecule has 64 valence electrons. The van der Waals surface area contributed by atoms with Gasteiger partial charge in [-0.15, -0.1) is 23.2 Å². The van der Waals surface area contributed by atoms with Gasteiger partial charge in [0.1, 0.15) is 0 Å². The maximum atomic E-state index is 11.0. The van der Waals surface area contributed by atoms with Crippen molar-refractivity contribution in [2.24, 2.45) is 17.1 Å². The molecule has 2 unspecified atom stereocenters. The molecule has 4 heteroatoms. The van der Waals surface area contributed by atoms with Crippen molar-refractivity contribution in [3.05, 3.63) is 0 Å². The van der Waals surface area contributed by atoms with Crippen molar-refractivity contribution in [1.29, 1.82) is 0 Å². The van der Waals surface area contributed by atoms with Crippen LogP contribution < -0.4 is 5.73 Å². The predicted octanol–water partition coefficient (Wildman–Crippen LogP) is 1.34. The highest BCUT2D eigenvalue weighted by Gasteiger charge is 2.69. The first-order valence-electron chi connectivity index (χ1n) is 3.53. The fraction of sp³-hybridized carbons (Fsp3) is 0.857. The summed E-state index contributed by atoms with van der Waals surface area (Å²) in [5.74, 6) is -0.266. The number of alkyl halides is 2. The first-order valence-corrected chi connectivity index (χ1v) is 4.41. The van der Waals surface area contributed by atoms with Gasteiger partial charge in [-0.1, -0.05) is 13.8 Å². The standard InChI is InChI=1S/C7H11Cl2NO/c1-3(2)7(6(10)11)4(8)5(7)9/h3-5H,1-2H3,(H2,10,11). The molecule has 0 bridgehead atoms. The minimum atomic E-state index is -0.664. The number of hydrogen-bond acceptors (Lipinski definition) is 1. The van der Waals surface area contributed by atoms with Gasteiger partial charge >= 0.3 is 0 Å². The number of rotatable bonds is 2. The molecule has 2 N–H and O–H groups in total. The summed E-state index contributed by atoms with van der Waals surface area (Å²) >= 11 is 11.6. The van der Waals surface area contributed by atoms with Gasteiger partial charge in [0.25, 0.3) is 0 Å². The molecule has 0 radical (unpaired) electrons. The Kier molecular flexibility index (Phi) is 2.10. The van der Waals surface area contributed by atoms with Gasteiger partial charge in [0.05, 0.1) is 16.2 Å². The maximum Gasteiger partial charge on any atom is 0.227 e. The average Bonchev–Trinajstić information content (AvgIpc) is 2.37. The first kappa shape index (κ1) is 9.14. The average molecular weight is 196 g/mol. The van der Waals surface area contributed by atoms with Gasteiger partial charge in [0.2, 0.25) is 5.91 Å². The lowest BCUT2D eigenvalue weighted by atomic mass is 9.92. The molecule has 0 aromatic heterocycles.